The van der Waals surface area contributed by atoms with Crippen LogP contribution >= 0.6 is 0 Å². The Bertz CT molecular complexity index is 790. The van der Waals surface area contributed by atoms with Crippen LogP contribution in [0.2, 0.25) is 0 Å². The van der Waals surface area contributed by atoms with E-state index in [1.54, 1.807) is 6.07 Å². The van der Waals surface area contributed by atoms with Crippen molar-refractivity contribution in [3.05, 3.63) is 54.1 Å². The van der Waals surface area contributed by atoms with Gasteiger partial charge in [-0.2, -0.15) is 13.2 Å². The summed E-state index contributed by atoms with van der Waals surface area (Å²) in [5.74, 6) is 0.0457. The molecule has 2 aromatic rings. The van der Waals surface area contributed by atoms with Crippen molar-refractivity contribution in [1.29, 1.82) is 0 Å². The van der Waals surface area contributed by atoms with Gasteiger partial charge in [-0.1, -0.05) is 25.1 Å². The molecule has 0 unspecified atom stereocenters. The number of hydrogen-bond donors (Lipinski definition) is 1. The molecule has 0 aliphatic carbocycles. The van der Waals surface area contributed by atoms with Crippen molar-refractivity contribution >= 4 is 15.7 Å². The van der Waals surface area contributed by atoms with Crippen LogP contribution in [0.25, 0.3) is 0 Å². The van der Waals surface area contributed by atoms with E-state index in [9.17, 15) is 21.6 Å². The topological polar surface area (TPSA) is 55.4 Å². The summed E-state index contributed by atoms with van der Waals surface area (Å²) < 4.78 is 70.9. The highest BCUT2D eigenvalue weighted by Gasteiger charge is 2.31. The van der Waals surface area contributed by atoms with Crippen LogP contribution in [0.3, 0.4) is 0 Å². The van der Waals surface area contributed by atoms with Gasteiger partial charge in [0.1, 0.15) is 5.75 Å². The molecular weight excluding hydrogens is 343 g/mol. The Labute approximate surface area is 138 Å². The van der Waals surface area contributed by atoms with Crippen LogP contribution in [-0.4, -0.2) is 15.0 Å². The van der Waals surface area contributed by atoms with E-state index < -0.39 is 21.8 Å². The number of alkyl halides is 3. The standard InChI is InChI=1S/C16H16F3NO3S/c1-2-10-23-15-9-8-12(16(17,18)19)11-14(15)20-24(21,22)13-6-4-3-5-7-13/h3-9,11,20H,2,10H2,1H3. The van der Waals surface area contributed by atoms with Gasteiger partial charge in [0, 0.05) is 0 Å². The number of anilines is 1. The van der Waals surface area contributed by atoms with Gasteiger partial charge < -0.3 is 4.74 Å². The Hall–Kier alpha value is -2.22. The lowest BCUT2D eigenvalue weighted by Crippen LogP contribution is -2.15. The number of hydrogen-bond acceptors (Lipinski definition) is 3. The first-order valence-corrected chi connectivity index (χ1v) is 8.64. The number of halogens is 3. The molecule has 8 heteroatoms. The average Bonchev–Trinajstić information content (AvgIpc) is 2.53. The molecule has 0 aliphatic heterocycles. The number of benzene rings is 2. The van der Waals surface area contributed by atoms with Gasteiger partial charge in [-0.3, -0.25) is 4.72 Å². The molecule has 0 saturated heterocycles. The first-order valence-electron chi connectivity index (χ1n) is 7.16. The van der Waals surface area contributed by atoms with Crippen molar-refractivity contribution in [2.45, 2.75) is 24.4 Å². The van der Waals surface area contributed by atoms with E-state index in [-0.39, 0.29) is 22.9 Å². The summed E-state index contributed by atoms with van der Waals surface area (Å²) in [4.78, 5) is -0.0520. The zero-order valence-electron chi connectivity index (χ0n) is 12.8. The Morgan fingerprint density at radius 2 is 1.75 bits per heavy atom. The summed E-state index contributed by atoms with van der Waals surface area (Å²) in [6, 6.07) is 10.1. The number of sulfonamides is 1. The molecule has 130 valence electrons. The van der Waals surface area contributed by atoms with E-state index in [0.29, 0.717) is 6.42 Å². The van der Waals surface area contributed by atoms with E-state index in [0.717, 1.165) is 18.2 Å². The fraction of sp³-hybridized carbons (Fsp3) is 0.250. The second-order valence-electron chi connectivity index (χ2n) is 4.98. The quantitative estimate of drug-likeness (QED) is 0.837. The van der Waals surface area contributed by atoms with Gasteiger partial charge in [0.25, 0.3) is 10.0 Å². The molecule has 0 radical (unpaired) electrons. The minimum Gasteiger partial charge on any atom is -0.491 e. The fourth-order valence-corrected chi connectivity index (χ4v) is 3.01. The largest absolute Gasteiger partial charge is 0.491 e. The fourth-order valence-electron chi connectivity index (χ4n) is 1.93. The number of nitrogens with one attached hydrogen (secondary N) is 1. The van der Waals surface area contributed by atoms with Crippen molar-refractivity contribution in [2.75, 3.05) is 11.3 Å². The summed E-state index contributed by atoms with van der Waals surface area (Å²) in [6.07, 6.45) is -3.96. The van der Waals surface area contributed by atoms with Gasteiger partial charge in [0.05, 0.1) is 22.8 Å². The summed E-state index contributed by atoms with van der Waals surface area (Å²) in [6.45, 7) is 2.09. The minimum atomic E-state index is -4.59. The normalized spacial score (nSPS) is 12.0. The van der Waals surface area contributed by atoms with Crippen molar-refractivity contribution in [2.24, 2.45) is 0 Å². The van der Waals surface area contributed by atoms with E-state index >= 15 is 0 Å². The minimum absolute atomic E-state index is 0.0457. The van der Waals surface area contributed by atoms with Crippen molar-refractivity contribution in [1.82, 2.24) is 0 Å². The van der Waals surface area contributed by atoms with Crippen molar-refractivity contribution < 1.29 is 26.3 Å². The zero-order chi connectivity index (χ0) is 17.8. The third-order valence-corrected chi connectivity index (χ3v) is 4.45. The second kappa shape index (κ2) is 7.12. The molecular formula is C16H16F3NO3S. The van der Waals surface area contributed by atoms with Gasteiger partial charge in [0.2, 0.25) is 0 Å². The van der Waals surface area contributed by atoms with Gasteiger partial charge in [-0.25, -0.2) is 8.42 Å². The zero-order valence-corrected chi connectivity index (χ0v) is 13.6. The van der Waals surface area contributed by atoms with Gasteiger partial charge in [-0.15, -0.1) is 0 Å². The molecule has 0 spiro atoms. The van der Waals surface area contributed by atoms with Crippen LogP contribution in [-0.2, 0) is 16.2 Å². The maximum Gasteiger partial charge on any atom is 0.416 e. The van der Waals surface area contributed by atoms with E-state index in [4.69, 9.17) is 4.74 Å². The number of ether oxygens (including phenoxy) is 1. The maximum atomic E-state index is 12.9. The predicted octanol–water partition coefficient (Wildman–Crippen LogP) is 4.30. The Balaban J connectivity index is 2.42. The molecule has 0 heterocycles. The molecule has 2 aromatic carbocycles. The Morgan fingerprint density at radius 1 is 1.08 bits per heavy atom. The first kappa shape index (κ1) is 18.1. The molecule has 4 nitrogen and oxygen atoms in total. The molecule has 0 atom stereocenters. The SMILES string of the molecule is CCCOc1ccc(C(F)(F)F)cc1NS(=O)(=O)c1ccccc1. The third kappa shape index (κ3) is 4.41. The Kier molecular flexibility index (Phi) is 5.38. The number of rotatable bonds is 6. The summed E-state index contributed by atoms with van der Waals surface area (Å²) >= 11 is 0. The van der Waals surface area contributed by atoms with E-state index in [1.165, 1.54) is 24.3 Å². The highest BCUT2D eigenvalue weighted by atomic mass is 32.2. The second-order valence-corrected chi connectivity index (χ2v) is 6.66. The van der Waals surface area contributed by atoms with Gasteiger partial charge in [-0.05, 0) is 36.8 Å². The lowest BCUT2D eigenvalue weighted by Gasteiger charge is -2.16. The molecule has 0 aromatic heterocycles. The predicted molar refractivity (Wildman–Crippen MR) is 84.5 cm³/mol. The summed E-state index contributed by atoms with van der Waals surface area (Å²) in [7, 11) is -4.02. The molecule has 24 heavy (non-hydrogen) atoms. The average molecular weight is 359 g/mol. The molecule has 0 saturated carbocycles. The Morgan fingerprint density at radius 3 is 2.33 bits per heavy atom. The molecule has 0 aliphatic rings. The first-order chi connectivity index (χ1) is 11.2. The summed E-state index contributed by atoms with van der Waals surface area (Å²) in [5.41, 5.74) is -1.21. The monoisotopic (exact) mass is 359 g/mol. The molecule has 0 bridgehead atoms. The van der Waals surface area contributed by atoms with Crippen LogP contribution in [0, 0.1) is 0 Å². The molecule has 0 amide bonds. The van der Waals surface area contributed by atoms with Gasteiger partial charge >= 0.3 is 6.18 Å². The van der Waals surface area contributed by atoms with Crippen LogP contribution in [0.1, 0.15) is 18.9 Å². The van der Waals surface area contributed by atoms with Crippen molar-refractivity contribution in [3.8, 4) is 5.75 Å². The van der Waals surface area contributed by atoms with Gasteiger partial charge in [0.15, 0.2) is 0 Å². The highest BCUT2D eigenvalue weighted by molar-refractivity contribution is 7.92. The van der Waals surface area contributed by atoms with E-state index in [2.05, 4.69) is 4.72 Å². The van der Waals surface area contributed by atoms with Crippen LogP contribution in [0.4, 0.5) is 18.9 Å². The third-order valence-electron chi connectivity index (χ3n) is 3.07. The molecule has 1 N–H and O–H groups in total. The van der Waals surface area contributed by atoms with Crippen molar-refractivity contribution in [3.63, 3.8) is 0 Å². The summed E-state index contributed by atoms with van der Waals surface area (Å²) in [5, 5.41) is 0. The lowest BCUT2D eigenvalue weighted by molar-refractivity contribution is -0.137. The van der Waals surface area contributed by atoms with Crippen LogP contribution in [0.15, 0.2) is 53.4 Å². The van der Waals surface area contributed by atoms with E-state index in [1.807, 2.05) is 6.92 Å². The lowest BCUT2D eigenvalue weighted by atomic mass is 10.2. The van der Waals surface area contributed by atoms with Crippen LogP contribution < -0.4 is 9.46 Å². The maximum absolute atomic E-state index is 12.9. The smallest absolute Gasteiger partial charge is 0.416 e. The van der Waals surface area contributed by atoms with Crippen LogP contribution in [0.5, 0.6) is 5.75 Å². The highest BCUT2D eigenvalue weighted by Crippen LogP contribution is 2.36. The molecule has 0 fully saturated rings. The molecule has 2 rings (SSSR count).